The minimum absolute atomic E-state index is 0.0287. The van der Waals surface area contributed by atoms with Crippen LogP contribution in [-0.2, 0) is 14.3 Å². The summed E-state index contributed by atoms with van der Waals surface area (Å²) in [6.45, 7) is 1.60. The Morgan fingerprint density at radius 2 is 2.00 bits per heavy atom. The van der Waals surface area contributed by atoms with E-state index >= 15 is 0 Å². The first-order valence-corrected chi connectivity index (χ1v) is 11.2. The van der Waals surface area contributed by atoms with E-state index in [1.54, 1.807) is 0 Å². The molecule has 9 N–H and O–H groups in total. The van der Waals surface area contributed by atoms with Crippen LogP contribution >= 0.6 is 0 Å². The largest absolute Gasteiger partial charge is 0.396 e. The summed E-state index contributed by atoms with van der Waals surface area (Å²) >= 11 is 0. The molecule has 3 rings (SSSR count). The molecule has 2 saturated carbocycles. The number of carbonyl (C=O) groups is 1. The van der Waals surface area contributed by atoms with Crippen LogP contribution in [0.3, 0.4) is 0 Å². The van der Waals surface area contributed by atoms with Gasteiger partial charge in [-0.1, -0.05) is 0 Å². The maximum Gasteiger partial charge on any atom is 0.252 e. The third kappa shape index (κ3) is 6.10. The third-order valence-electron chi connectivity index (χ3n) is 6.34. The number of rotatable bonds is 9. The van der Waals surface area contributed by atoms with E-state index in [0.29, 0.717) is 25.8 Å². The van der Waals surface area contributed by atoms with Crippen molar-refractivity contribution in [2.24, 2.45) is 11.5 Å². The Balaban J connectivity index is 1.43. The second kappa shape index (κ2) is 10.6. The van der Waals surface area contributed by atoms with Crippen molar-refractivity contribution in [1.29, 1.82) is 0 Å². The van der Waals surface area contributed by atoms with Gasteiger partial charge in [0.15, 0.2) is 6.29 Å². The number of aliphatic hydroxyl groups is 3. The van der Waals surface area contributed by atoms with Gasteiger partial charge in [-0.15, -0.1) is 0 Å². The highest BCUT2D eigenvalue weighted by Gasteiger charge is 2.48. The van der Waals surface area contributed by atoms with Crippen LogP contribution in [0.2, 0.25) is 0 Å². The fourth-order valence-electron chi connectivity index (χ4n) is 4.65. The lowest BCUT2D eigenvalue weighted by Gasteiger charge is -2.43. The van der Waals surface area contributed by atoms with Crippen LogP contribution in [0.25, 0.3) is 0 Å². The predicted molar refractivity (Wildman–Crippen MR) is 109 cm³/mol. The second-order valence-corrected chi connectivity index (χ2v) is 9.07. The fraction of sp³-hybridized carbons (Fsp3) is 0.950. The molecule has 10 heteroatoms. The number of hydrogen-bond donors (Lipinski definition) is 7. The van der Waals surface area contributed by atoms with Crippen molar-refractivity contribution in [2.75, 3.05) is 19.7 Å². The lowest BCUT2D eigenvalue weighted by molar-refractivity contribution is -0.237. The van der Waals surface area contributed by atoms with Crippen molar-refractivity contribution >= 4 is 5.91 Å². The van der Waals surface area contributed by atoms with Gasteiger partial charge in [0.05, 0.1) is 12.2 Å². The van der Waals surface area contributed by atoms with Crippen LogP contribution in [0.5, 0.6) is 0 Å². The summed E-state index contributed by atoms with van der Waals surface area (Å²) in [7, 11) is 0. The zero-order valence-electron chi connectivity index (χ0n) is 17.5. The van der Waals surface area contributed by atoms with E-state index < -0.39 is 36.0 Å². The van der Waals surface area contributed by atoms with E-state index in [-0.39, 0.29) is 37.6 Å². The first-order valence-electron chi connectivity index (χ1n) is 11.2. The van der Waals surface area contributed by atoms with Crippen molar-refractivity contribution in [3.8, 4) is 0 Å². The zero-order valence-corrected chi connectivity index (χ0v) is 17.5. The second-order valence-electron chi connectivity index (χ2n) is 9.07. The van der Waals surface area contributed by atoms with Gasteiger partial charge in [0.1, 0.15) is 11.7 Å². The Labute approximate surface area is 177 Å². The summed E-state index contributed by atoms with van der Waals surface area (Å²) in [5.74, 6) is -0.444. The van der Waals surface area contributed by atoms with Gasteiger partial charge >= 0.3 is 0 Å². The predicted octanol–water partition coefficient (Wildman–Crippen LogP) is -1.94. The molecule has 1 heterocycles. The maximum atomic E-state index is 12.3. The van der Waals surface area contributed by atoms with Crippen LogP contribution in [0, 0.1) is 0 Å². The monoisotopic (exact) mass is 430 g/mol. The first-order chi connectivity index (χ1) is 14.3. The Kier molecular flexibility index (Phi) is 8.45. The quantitative estimate of drug-likeness (QED) is 0.205. The molecule has 10 nitrogen and oxygen atoms in total. The SMILES string of the molecule is NC1CC(O)(C(=O)NC2CC(N)[C@@H](O[C@@H]3CCCC(CNCCCO)O3)C(O)C2)C1. The third-order valence-corrected chi connectivity index (χ3v) is 6.34. The molecule has 1 aliphatic heterocycles. The molecule has 1 saturated heterocycles. The summed E-state index contributed by atoms with van der Waals surface area (Å²) in [5, 5.41) is 35.8. The molecule has 30 heavy (non-hydrogen) atoms. The molecule has 0 radical (unpaired) electrons. The number of carbonyl (C=O) groups excluding carboxylic acids is 1. The lowest BCUT2D eigenvalue weighted by Crippen LogP contribution is -2.63. The summed E-state index contributed by atoms with van der Waals surface area (Å²) in [4.78, 5) is 12.3. The summed E-state index contributed by atoms with van der Waals surface area (Å²) in [6, 6.07) is -0.926. The van der Waals surface area contributed by atoms with Crippen LogP contribution in [0.1, 0.15) is 51.4 Å². The van der Waals surface area contributed by atoms with E-state index in [0.717, 1.165) is 25.8 Å². The van der Waals surface area contributed by atoms with Crippen molar-refractivity contribution in [1.82, 2.24) is 10.6 Å². The van der Waals surface area contributed by atoms with Crippen LogP contribution in [0.4, 0.5) is 0 Å². The van der Waals surface area contributed by atoms with Gasteiger partial charge in [-0.3, -0.25) is 4.79 Å². The summed E-state index contributed by atoms with van der Waals surface area (Å²) in [5.41, 5.74) is 10.5. The molecule has 3 fully saturated rings. The Morgan fingerprint density at radius 1 is 1.23 bits per heavy atom. The molecule has 0 aromatic carbocycles. The van der Waals surface area contributed by atoms with Gasteiger partial charge in [0, 0.05) is 44.1 Å². The minimum Gasteiger partial charge on any atom is -0.396 e. The highest BCUT2D eigenvalue weighted by Crippen LogP contribution is 2.32. The average molecular weight is 431 g/mol. The number of ether oxygens (including phenoxy) is 2. The van der Waals surface area contributed by atoms with Crippen molar-refractivity contribution in [3.05, 3.63) is 0 Å². The normalized spacial score (nSPS) is 41.8. The standard InChI is InChI=1S/C20H38N4O6/c21-12-9-20(28,10-12)19(27)24-13-7-15(22)18(16(26)8-13)30-17-4-1-3-14(29-17)11-23-5-2-6-25/h12-18,23,25-26,28H,1-11,21-22H2,(H,24,27)/t12?,13?,14?,15?,16?,17-,18-,20?/m1/s1. The van der Waals surface area contributed by atoms with E-state index in [9.17, 15) is 15.0 Å². The molecule has 4 unspecified atom stereocenters. The smallest absolute Gasteiger partial charge is 0.252 e. The summed E-state index contributed by atoms with van der Waals surface area (Å²) < 4.78 is 12.0. The number of nitrogens with two attached hydrogens (primary N) is 2. The zero-order chi connectivity index (χ0) is 21.7. The van der Waals surface area contributed by atoms with E-state index in [2.05, 4.69) is 10.6 Å². The van der Waals surface area contributed by atoms with Gasteiger partial charge in [-0.05, 0) is 45.1 Å². The van der Waals surface area contributed by atoms with Crippen LogP contribution in [-0.4, -0.2) is 89.3 Å². The molecular formula is C20H38N4O6. The number of hydrogen-bond acceptors (Lipinski definition) is 9. The Bertz CT molecular complexity index is 549. The number of aliphatic hydroxyl groups excluding tert-OH is 2. The summed E-state index contributed by atoms with van der Waals surface area (Å²) in [6.07, 6.45) is 2.84. The van der Waals surface area contributed by atoms with Crippen LogP contribution < -0.4 is 22.1 Å². The molecule has 2 aliphatic carbocycles. The Hall–Kier alpha value is -0.850. The number of amides is 1. The number of nitrogens with one attached hydrogen (secondary N) is 2. The van der Waals surface area contributed by atoms with E-state index in [1.165, 1.54) is 0 Å². The van der Waals surface area contributed by atoms with Gasteiger partial charge in [-0.2, -0.15) is 0 Å². The van der Waals surface area contributed by atoms with Gasteiger partial charge in [-0.25, -0.2) is 0 Å². The fourth-order valence-corrected chi connectivity index (χ4v) is 4.65. The van der Waals surface area contributed by atoms with Crippen molar-refractivity contribution in [3.63, 3.8) is 0 Å². The molecule has 174 valence electrons. The van der Waals surface area contributed by atoms with Crippen molar-refractivity contribution < 1.29 is 29.6 Å². The first kappa shape index (κ1) is 23.8. The molecule has 0 spiro atoms. The molecule has 6 atom stereocenters. The van der Waals surface area contributed by atoms with Gasteiger partial charge in [0.2, 0.25) is 0 Å². The molecule has 1 amide bonds. The highest BCUT2D eigenvalue weighted by atomic mass is 16.7. The minimum atomic E-state index is -1.40. The average Bonchev–Trinajstić information content (AvgIpc) is 2.67. The van der Waals surface area contributed by atoms with Gasteiger partial charge < -0.3 is 46.9 Å². The van der Waals surface area contributed by atoms with Crippen LogP contribution in [0.15, 0.2) is 0 Å². The molecule has 0 aromatic heterocycles. The molecular weight excluding hydrogens is 392 g/mol. The Morgan fingerprint density at radius 3 is 2.67 bits per heavy atom. The highest BCUT2D eigenvalue weighted by molar-refractivity contribution is 5.86. The van der Waals surface area contributed by atoms with E-state index in [1.807, 2.05) is 0 Å². The van der Waals surface area contributed by atoms with Crippen molar-refractivity contribution in [2.45, 2.75) is 99.7 Å². The molecule has 3 aliphatic rings. The maximum absolute atomic E-state index is 12.3. The lowest BCUT2D eigenvalue weighted by atomic mass is 9.75. The van der Waals surface area contributed by atoms with Gasteiger partial charge in [0.25, 0.3) is 5.91 Å². The molecule has 0 aromatic rings. The molecule has 0 bridgehead atoms. The van der Waals surface area contributed by atoms with E-state index in [4.69, 9.17) is 26.0 Å². The topological polar surface area (TPSA) is 172 Å².